The Morgan fingerprint density at radius 3 is 2.53 bits per heavy atom. The van der Waals surface area contributed by atoms with E-state index >= 15 is 0 Å². The van der Waals surface area contributed by atoms with Gasteiger partial charge in [-0.25, -0.2) is 0 Å². The third-order valence-corrected chi connectivity index (χ3v) is 5.06. The van der Waals surface area contributed by atoms with Gasteiger partial charge in [-0.15, -0.1) is 0 Å². The van der Waals surface area contributed by atoms with Crippen LogP contribution >= 0.6 is 0 Å². The Bertz CT molecular complexity index is 226. The van der Waals surface area contributed by atoms with E-state index < -0.39 is 0 Å². The Kier molecular flexibility index (Phi) is 3.53. The summed E-state index contributed by atoms with van der Waals surface area (Å²) in [7, 11) is 0. The maximum absolute atomic E-state index is 2.54. The number of hydrogen-bond acceptors (Lipinski definition) is 0. The first kappa shape index (κ1) is 11.2. The van der Waals surface area contributed by atoms with E-state index in [1.165, 1.54) is 32.1 Å². The molecule has 2 aliphatic carbocycles. The molecule has 0 nitrogen and oxygen atoms in total. The number of rotatable bonds is 4. The van der Waals surface area contributed by atoms with Crippen molar-refractivity contribution in [1.82, 2.24) is 0 Å². The molecule has 2 fully saturated rings. The van der Waals surface area contributed by atoms with E-state index in [0.29, 0.717) is 0 Å². The summed E-state index contributed by atoms with van der Waals surface area (Å²) in [6, 6.07) is 0. The lowest BCUT2D eigenvalue weighted by Crippen LogP contribution is -2.23. The van der Waals surface area contributed by atoms with E-state index in [1.807, 2.05) is 0 Å². The Morgan fingerprint density at radius 2 is 1.93 bits per heavy atom. The molecule has 0 saturated heterocycles. The van der Waals surface area contributed by atoms with Gasteiger partial charge in [0.2, 0.25) is 0 Å². The Morgan fingerprint density at radius 1 is 1.13 bits per heavy atom. The topological polar surface area (TPSA) is 0 Å². The lowest BCUT2D eigenvalue weighted by molar-refractivity contribution is 0.218. The van der Waals surface area contributed by atoms with Gasteiger partial charge >= 0.3 is 0 Å². The van der Waals surface area contributed by atoms with E-state index in [2.05, 4.69) is 32.9 Å². The monoisotopic (exact) mass is 206 g/mol. The lowest BCUT2D eigenvalue weighted by atomic mass is 9.75. The second-order valence-electron chi connectivity index (χ2n) is 5.85. The molecule has 2 saturated carbocycles. The molecule has 0 spiro atoms. The lowest BCUT2D eigenvalue weighted by Gasteiger charge is -2.30. The molecule has 15 heavy (non-hydrogen) atoms. The molecular formula is C15H26. The molecule has 0 aliphatic heterocycles. The molecule has 0 heterocycles. The van der Waals surface area contributed by atoms with Gasteiger partial charge in [0.15, 0.2) is 0 Å². The van der Waals surface area contributed by atoms with Gasteiger partial charge in [0.05, 0.1) is 0 Å². The van der Waals surface area contributed by atoms with Crippen LogP contribution in [0.1, 0.15) is 52.9 Å². The van der Waals surface area contributed by atoms with Gasteiger partial charge in [0.25, 0.3) is 0 Å². The molecule has 5 atom stereocenters. The van der Waals surface area contributed by atoms with E-state index in [1.54, 1.807) is 0 Å². The molecule has 0 amide bonds. The van der Waals surface area contributed by atoms with Crippen molar-refractivity contribution in [1.29, 1.82) is 0 Å². The van der Waals surface area contributed by atoms with Crippen LogP contribution in [0.4, 0.5) is 0 Å². The van der Waals surface area contributed by atoms with Crippen molar-refractivity contribution in [3.05, 3.63) is 12.2 Å². The average Bonchev–Trinajstić information content (AvgIpc) is 2.75. The summed E-state index contributed by atoms with van der Waals surface area (Å²) in [6.07, 6.45) is 12.0. The number of fused-ring (bicyclic) bond motifs is 2. The van der Waals surface area contributed by atoms with Gasteiger partial charge in [-0.1, -0.05) is 45.8 Å². The minimum atomic E-state index is 0.929. The van der Waals surface area contributed by atoms with Gasteiger partial charge in [0, 0.05) is 0 Å². The molecule has 0 aromatic carbocycles. The molecule has 0 heteroatoms. The van der Waals surface area contributed by atoms with Crippen molar-refractivity contribution >= 4 is 0 Å². The highest BCUT2D eigenvalue weighted by Gasteiger charge is 2.47. The van der Waals surface area contributed by atoms with Crippen molar-refractivity contribution in [3.63, 3.8) is 0 Å². The fraction of sp³-hybridized carbons (Fsp3) is 0.867. The zero-order valence-corrected chi connectivity index (χ0v) is 10.6. The summed E-state index contributed by atoms with van der Waals surface area (Å²) in [4.78, 5) is 0. The van der Waals surface area contributed by atoms with Gasteiger partial charge in [-0.2, -0.15) is 0 Å². The first-order valence-electron chi connectivity index (χ1n) is 6.90. The second-order valence-corrected chi connectivity index (χ2v) is 5.85. The highest BCUT2D eigenvalue weighted by molar-refractivity contribution is 5.04. The predicted molar refractivity (Wildman–Crippen MR) is 66.7 cm³/mol. The Hall–Kier alpha value is -0.260. The first-order valence-corrected chi connectivity index (χ1v) is 6.90. The van der Waals surface area contributed by atoms with E-state index in [0.717, 1.165) is 29.6 Å². The Balaban J connectivity index is 1.84. The van der Waals surface area contributed by atoms with Crippen molar-refractivity contribution in [3.8, 4) is 0 Å². The largest absolute Gasteiger partial charge is 0.0882 e. The van der Waals surface area contributed by atoms with Crippen LogP contribution in [0, 0.1) is 29.6 Å². The normalized spacial score (nSPS) is 44.3. The summed E-state index contributed by atoms with van der Waals surface area (Å²) in [5.41, 5.74) is 0. The summed E-state index contributed by atoms with van der Waals surface area (Å²) in [6.45, 7) is 7.21. The number of unbranched alkanes of at least 4 members (excludes halogenated alkanes) is 2. The van der Waals surface area contributed by atoms with Crippen molar-refractivity contribution < 1.29 is 0 Å². The number of allylic oxidation sites excluding steroid dienone is 2. The zero-order valence-electron chi connectivity index (χ0n) is 10.6. The quantitative estimate of drug-likeness (QED) is 0.463. The van der Waals surface area contributed by atoms with Crippen molar-refractivity contribution in [2.75, 3.05) is 0 Å². The van der Waals surface area contributed by atoms with Crippen LogP contribution in [-0.4, -0.2) is 0 Å². The third-order valence-electron chi connectivity index (χ3n) is 5.06. The highest BCUT2D eigenvalue weighted by atomic mass is 14.5. The van der Waals surface area contributed by atoms with Gasteiger partial charge in [-0.3, -0.25) is 0 Å². The summed E-state index contributed by atoms with van der Waals surface area (Å²) in [5, 5.41) is 0. The smallest absolute Gasteiger partial charge is 0.0200 e. The maximum Gasteiger partial charge on any atom is -0.0200 e. The van der Waals surface area contributed by atoms with Gasteiger partial charge in [0.1, 0.15) is 0 Å². The molecule has 2 rings (SSSR count). The van der Waals surface area contributed by atoms with Crippen LogP contribution in [0.15, 0.2) is 12.2 Å². The second kappa shape index (κ2) is 4.72. The number of hydrogen-bond donors (Lipinski definition) is 0. The van der Waals surface area contributed by atoms with Crippen molar-refractivity contribution in [2.24, 2.45) is 29.6 Å². The van der Waals surface area contributed by atoms with Crippen LogP contribution in [0.3, 0.4) is 0 Å². The fourth-order valence-electron chi connectivity index (χ4n) is 3.81. The molecule has 0 N–H and O–H groups in total. The fourth-order valence-corrected chi connectivity index (χ4v) is 3.81. The summed E-state index contributed by atoms with van der Waals surface area (Å²) >= 11 is 0. The van der Waals surface area contributed by atoms with Crippen LogP contribution in [0.25, 0.3) is 0 Å². The average molecular weight is 206 g/mol. The van der Waals surface area contributed by atoms with Crippen LogP contribution in [0.2, 0.25) is 0 Å². The summed E-state index contributed by atoms with van der Waals surface area (Å²) in [5.74, 6) is 4.96. The zero-order chi connectivity index (χ0) is 10.8. The van der Waals surface area contributed by atoms with E-state index in [9.17, 15) is 0 Å². The molecule has 0 aromatic heterocycles. The molecular weight excluding hydrogens is 180 g/mol. The molecule has 0 radical (unpaired) electrons. The third kappa shape index (κ3) is 2.14. The van der Waals surface area contributed by atoms with Crippen LogP contribution < -0.4 is 0 Å². The molecule has 86 valence electrons. The van der Waals surface area contributed by atoms with Crippen LogP contribution in [0.5, 0.6) is 0 Å². The maximum atomic E-state index is 2.54. The van der Waals surface area contributed by atoms with Gasteiger partial charge in [-0.05, 0) is 48.9 Å². The molecule has 0 aromatic rings. The summed E-state index contributed by atoms with van der Waals surface area (Å²) < 4.78 is 0. The Labute approximate surface area is 95.1 Å². The minimum absolute atomic E-state index is 0.929. The predicted octanol–water partition coefficient (Wildman–Crippen LogP) is 4.66. The van der Waals surface area contributed by atoms with Crippen molar-refractivity contribution in [2.45, 2.75) is 52.9 Å². The molecule has 2 bridgehead atoms. The molecule has 2 aliphatic rings. The first-order chi connectivity index (χ1) is 7.24. The standard InChI is InChI=1S/C15H26/c1-4-5-6-7-8-13-9-14-10-15(13)12(3)11(14)2/h7-8,11-15H,4-6,9-10H2,1-3H3. The van der Waals surface area contributed by atoms with Crippen LogP contribution in [-0.2, 0) is 0 Å². The van der Waals surface area contributed by atoms with Gasteiger partial charge < -0.3 is 0 Å². The van der Waals surface area contributed by atoms with E-state index in [4.69, 9.17) is 0 Å². The van der Waals surface area contributed by atoms with E-state index in [-0.39, 0.29) is 0 Å². The SMILES string of the molecule is CCCCC=CC1CC2CC1C(C)C2C. The minimum Gasteiger partial charge on any atom is -0.0882 e. The molecule has 5 unspecified atom stereocenters. The highest BCUT2D eigenvalue weighted by Crippen LogP contribution is 2.55.